The number of nitrogens with zero attached hydrogens (tertiary/aromatic N) is 2. The zero-order valence-electron chi connectivity index (χ0n) is 12.9. The normalized spacial score (nSPS) is 15.8. The van der Waals surface area contributed by atoms with Crippen LogP contribution in [0.15, 0.2) is 5.38 Å². The monoisotopic (exact) mass is 325 g/mol. The van der Waals surface area contributed by atoms with Crippen molar-refractivity contribution in [3.8, 4) is 0 Å². The third-order valence-electron chi connectivity index (χ3n) is 3.76. The summed E-state index contributed by atoms with van der Waals surface area (Å²) >= 11 is 1.55. The molecule has 0 spiro atoms. The van der Waals surface area contributed by atoms with Crippen LogP contribution < -0.4 is 5.73 Å². The standard InChI is InChI=1S/C15H23N3O3S/c1-2-21-15(20)11-4-7-18(8-5-11)14(19)9-12-10-22-13(17-12)3-6-16/h10-11H,2-9,16H2,1H3. The van der Waals surface area contributed by atoms with E-state index < -0.39 is 0 Å². The fourth-order valence-corrected chi connectivity index (χ4v) is 3.37. The molecule has 2 heterocycles. The molecule has 1 aromatic rings. The van der Waals surface area contributed by atoms with Gasteiger partial charge in [-0.2, -0.15) is 0 Å². The van der Waals surface area contributed by atoms with Gasteiger partial charge in [0.05, 0.1) is 29.6 Å². The SMILES string of the molecule is CCOC(=O)C1CCN(C(=O)Cc2csc(CCN)n2)CC1. The molecule has 0 unspecified atom stereocenters. The maximum Gasteiger partial charge on any atom is 0.309 e. The molecule has 2 rings (SSSR count). The first kappa shape index (κ1) is 16.9. The molecular weight excluding hydrogens is 302 g/mol. The van der Waals surface area contributed by atoms with E-state index in [4.69, 9.17) is 10.5 Å². The zero-order chi connectivity index (χ0) is 15.9. The summed E-state index contributed by atoms with van der Waals surface area (Å²) in [5, 5.41) is 2.90. The molecule has 0 saturated carbocycles. The Hall–Kier alpha value is -1.47. The number of likely N-dealkylation sites (tertiary alicyclic amines) is 1. The van der Waals surface area contributed by atoms with Gasteiger partial charge in [-0.3, -0.25) is 9.59 Å². The lowest BCUT2D eigenvalue weighted by molar-refractivity contribution is -0.151. The third kappa shape index (κ3) is 4.51. The molecule has 22 heavy (non-hydrogen) atoms. The molecule has 1 aliphatic heterocycles. The average molecular weight is 325 g/mol. The molecule has 1 aromatic heterocycles. The number of carbonyl (C=O) groups is 2. The molecule has 0 bridgehead atoms. The van der Waals surface area contributed by atoms with Crippen molar-refractivity contribution < 1.29 is 14.3 Å². The van der Waals surface area contributed by atoms with E-state index in [1.165, 1.54) is 0 Å². The maximum atomic E-state index is 12.3. The lowest BCUT2D eigenvalue weighted by Crippen LogP contribution is -2.41. The van der Waals surface area contributed by atoms with Crippen molar-refractivity contribution in [1.82, 2.24) is 9.88 Å². The summed E-state index contributed by atoms with van der Waals surface area (Å²) < 4.78 is 5.04. The molecule has 0 aromatic carbocycles. The Morgan fingerprint density at radius 1 is 1.45 bits per heavy atom. The number of hydrogen-bond acceptors (Lipinski definition) is 6. The number of amides is 1. The molecule has 0 aliphatic carbocycles. The predicted molar refractivity (Wildman–Crippen MR) is 84.5 cm³/mol. The van der Waals surface area contributed by atoms with Gasteiger partial charge in [0, 0.05) is 24.9 Å². The average Bonchev–Trinajstić information content (AvgIpc) is 2.95. The second kappa shape index (κ2) is 8.24. The van der Waals surface area contributed by atoms with Crippen molar-refractivity contribution >= 4 is 23.2 Å². The summed E-state index contributed by atoms with van der Waals surface area (Å²) in [7, 11) is 0. The van der Waals surface area contributed by atoms with Crippen molar-refractivity contribution in [2.45, 2.75) is 32.6 Å². The molecule has 1 aliphatic rings. The Morgan fingerprint density at radius 2 is 2.18 bits per heavy atom. The Kier molecular flexibility index (Phi) is 6.33. The minimum Gasteiger partial charge on any atom is -0.466 e. The van der Waals surface area contributed by atoms with Crippen LogP contribution in [0.5, 0.6) is 0 Å². The van der Waals surface area contributed by atoms with E-state index in [2.05, 4.69) is 4.98 Å². The summed E-state index contributed by atoms with van der Waals surface area (Å²) in [6.07, 6.45) is 2.44. The highest BCUT2D eigenvalue weighted by molar-refractivity contribution is 7.09. The van der Waals surface area contributed by atoms with Crippen LogP contribution in [0.2, 0.25) is 0 Å². The first-order valence-corrected chi connectivity index (χ1v) is 8.59. The summed E-state index contributed by atoms with van der Waals surface area (Å²) in [5.41, 5.74) is 6.31. The Bertz CT molecular complexity index is 510. The van der Waals surface area contributed by atoms with E-state index in [9.17, 15) is 9.59 Å². The Morgan fingerprint density at radius 3 is 2.82 bits per heavy atom. The van der Waals surface area contributed by atoms with Crippen LogP contribution >= 0.6 is 11.3 Å². The van der Waals surface area contributed by atoms with Gasteiger partial charge in [-0.05, 0) is 26.3 Å². The quantitative estimate of drug-likeness (QED) is 0.788. The highest BCUT2D eigenvalue weighted by Crippen LogP contribution is 2.20. The van der Waals surface area contributed by atoms with Crippen LogP contribution in [0.4, 0.5) is 0 Å². The predicted octanol–water partition coefficient (Wildman–Crippen LogP) is 0.988. The number of piperidine rings is 1. The number of esters is 1. The molecule has 1 fully saturated rings. The lowest BCUT2D eigenvalue weighted by Gasteiger charge is -2.30. The summed E-state index contributed by atoms with van der Waals surface area (Å²) in [6.45, 7) is 4.02. The number of thiazole rings is 1. The molecule has 1 amide bonds. The van der Waals surface area contributed by atoms with Gasteiger partial charge in [-0.15, -0.1) is 11.3 Å². The van der Waals surface area contributed by atoms with E-state index >= 15 is 0 Å². The third-order valence-corrected chi connectivity index (χ3v) is 4.71. The maximum absolute atomic E-state index is 12.3. The van der Waals surface area contributed by atoms with Gasteiger partial charge >= 0.3 is 5.97 Å². The minimum absolute atomic E-state index is 0.0700. The van der Waals surface area contributed by atoms with Gasteiger partial charge in [0.1, 0.15) is 0 Å². The molecule has 0 radical (unpaired) electrons. The molecular formula is C15H23N3O3S. The molecule has 1 saturated heterocycles. The van der Waals surface area contributed by atoms with Crippen molar-refractivity contribution in [3.05, 3.63) is 16.1 Å². The number of nitrogens with two attached hydrogens (primary N) is 1. The van der Waals surface area contributed by atoms with Crippen LogP contribution in [0.1, 0.15) is 30.5 Å². The highest BCUT2D eigenvalue weighted by atomic mass is 32.1. The molecule has 0 atom stereocenters. The van der Waals surface area contributed by atoms with Crippen LogP contribution in [-0.2, 0) is 27.2 Å². The minimum atomic E-state index is -0.138. The second-order valence-corrected chi connectivity index (χ2v) is 6.30. The van der Waals surface area contributed by atoms with Gasteiger partial charge in [0.25, 0.3) is 0 Å². The van der Waals surface area contributed by atoms with E-state index in [0.717, 1.165) is 17.1 Å². The zero-order valence-corrected chi connectivity index (χ0v) is 13.7. The summed E-state index contributed by atoms with van der Waals surface area (Å²) in [6, 6.07) is 0. The van der Waals surface area contributed by atoms with E-state index in [1.807, 2.05) is 17.2 Å². The van der Waals surface area contributed by atoms with Gasteiger partial charge in [-0.25, -0.2) is 4.98 Å². The van der Waals surface area contributed by atoms with Crippen molar-refractivity contribution in [3.63, 3.8) is 0 Å². The molecule has 2 N–H and O–H groups in total. The molecule has 6 nitrogen and oxygen atoms in total. The summed E-state index contributed by atoms with van der Waals surface area (Å²) in [5.74, 6) is -0.133. The first-order valence-electron chi connectivity index (χ1n) is 7.71. The van der Waals surface area contributed by atoms with Gasteiger partial charge in [-0.1, -0.05) is 0 Å². The number of hydrogen-bond donors (Lipinski definition) is 1. The van der Waals surface area contributed by atoms with E-state index in [0.29, 0.717) is 45.5 Å². The fourth-order valence-electron chi connectivity index (χ4n) is 2.56. The topological polar surface area (TPSA) is 85.5 Å². The molecule has 122 valence electrons. The fraction of sp³-hybridized carbons (Fsp3) is 0.667. The van der Waals surface area contributed by atoms with Gasteiger partial charge < -0.3 is 15.4 Å². The van der Waals surface area contributed by atoms with Gasteiger partial charge in [0.2, 0.25) is 5.91 Å². The second-order valence-electron chi connectivity index (χ2n) is 5.36. The highest BCUT2D eigenvalue weighted by Gasteiger charge is 2.28. The van der Waals surface area contributed by atoms with E-state index in [1.54, 1.807) is 11.3 Å². The summed E-state index contributed by atoms with van der Waals surface area (Å²) in [4.78, 5) is 30.2. The van der Waals surface area contributed by atoms with Crippen molar-refractivity contribution in [2.75, 3.05) is 26.2 Å². The van der Waals surface area contributed by atoms with Crippen LogP contribution in [-0.4, -0.2) is 48.0 Å². The van der Waals surface area contributed by atoms with E-state index in [-0.39, 0.29) is 17.8 Å². The van der Waals surface area contributed by atoms with Crippen LogP contribution in [0.25, 0.3) is 0 Å². The number of rotatable bonds is 6. The van der Waals surface area contributed by atoms with Crippen LogP contribution in [0.3, 0.4) is 0 Å². The molecule has 7 heteroatoms. The number of ether oxygens (including phenoxy) is 1. The first-order chi connectivity index (χ1) is 10.6. The van der Waals surface area contributed by atoms with Crippen LogP contribution in [0, 0.1) is 5.92 Å². The Balaban J connectivity index is 1.80. The van der Waals surface area contributed by atoms with Crippen molar-refractivity contribution in [1.29, 1.82) is 0 Å². The number of carbonyl (C=O) groups excluding carboxylic acids is 2. The number of aromatic nitrogens is 1. The largest absolute Gasteiger partial charge is 0.466 e. The van der Waals surface area contributed by atoms with Crippen molar-refractivity contribution in [2.24, 2.45) is 11.7 Å². The Labute approximate surface area is 134 Å². The van der Waals surface area contributed by atoms with Gasteiger partial charge in [0.15, 0.2) is 0 Å². The lowest BCUT2D eigenvalue weighted by atomic mass is 9.97. The smallest absolute Gasteiger partial charge is 0.309 e.